The molecule has 1 aromatic rings. The average molecular weight is 392 g/mol. The number of unbranched alkanes of at least 4 members (excludes halogenated alkanes) is 10. The lowest BCUT2D eigenvalue weighted by molar-refractivity contribution is -0.160. The van der Waals surface area contributed by atoms with E-state index in [-0.39, 0.29) is 18.6 Å². The largest absolute Gasteiger partial charge is 0.508 e. The molecule has 0 aliphatic heterocycles. The Bertz CT molecular complexity index is 556. The van der Waals surface area contributed by atoms with Gasteiger partial charge in [0.2, 0.25) is 0 Å². The first-order valence-electron chi connectivity index (χ1n) is 10.8. The molecule has 5 heteroatoms. The third-order valence-electron chi connectivity index (χ3n) is 4.89. The van der Waals surface area contributed by atoms with Crippen LogP contribution in [0.3, 0.4) is 0 Å². The quantitative estimate of drug-likeness (QED) is 0.248. The standard InChI is InChI=1S/C23H37NO4/c1-2-3-4-5-6-7-8-9-10-11-12-13-22(26)28-23(27)21(24)18-19-14-16-20(25)17-15-19/h14-17,21,25H,2-13,18,24H2,1H3. The van der Waals surface area contributed by atoms with E-state index in [1.54, 1.807) is 12.1 Å². The second-order valence-electron chi connectivity index (χ2n) is 7.56. The maximum Gasteiger partial charge on any atom is 0.330 e. The average Bonchev–Trinajstić information content (AvgIpc) is 2.67. The van der Waals surface area contributed by atoms with Crippen molar-refractivity contribution in [1.29, 1.82) is 0 Å². The van der Waals surface area contributed by atoms with E-state index in [9.17, 15) is 14.7 Å². The van der Waals surface area contributed by atoms with Crippen molar-refractivity contribution in [3.63, 3.8) is 0 Å². The Morgan fingerprint density at radius 3 is 1.93 bits per heavy atom. The molecular weight excluding hydrogens is 354 g/mol. The van der Waals surface area contributed by atoms with Gasteiger partial charge in [-0.05, 0) is 30.5 Å². The van der Waals surface area contributed by atoms with Gasteiger partial charge in [0, 0.05) is 6.42 Å². The lowest BCUT2D eigenvalue weighted by atomic mass is 10.1. The number of phenolic OH excluding ortho intramolecular Hbond substituents is 1. The Balaban J connectivity index is 2.03. The minimum absolute atomic E-state index is 0.155. The van der Waals surface area contributed by atoms with Crippen LogP contribution in [0.15, 0.2) is 24.3 Å². The Kier molecular flexibility index (Phi) is 13.0. The molecule has 0 amide bonds. The summed E-state index contributed by atoms with van der Waals surface area (Å²) in [4.78, 5) is 23.7. The number of carbonyl (C=O) groups excluding carboxylic acids is 2. The number of rotatable bonds is 15. The molecule has 0 heterocycles. The highest BCUT2D eigenvalue weighted by Crippen LogP contribution is 2.13. The van der Waals surface area contributed by atoms with Crippen LogP contribution in [0.25, 0.3) is 0 Å². The Labute approximate surface area is 169 Å². The van der Waals surface area contributed by atoms with Crippen LogP contribution < -0.4 is 5.73 Å². The van der Waals surface area contributed by atoms with E-state index >= 15 is 0 Å². The minimum atomic E-state index is -0.884. The molecule has 0 aliphatic rings. The van der Waals surface area contributed by atoms with Gasteiger partial charge in [-0.1, -0.05) is 83.3 Å². The molecule has 0 saturated heterocycles. The van der Waals surface area contributed by atoms with Crippen molar-refractivity contribution in [2.75, 3.05) is 0 Å². The van der Waals surface area contributed by atoms with Crippen LogP contribution in [0.1, 0.15) is 89.5 Å². The zero-order chi connectivity index (χ0) is 20.6. The van der Waals surface area contributed by atoms with Gasteiger partial charge in [0.05, 0.1) is 0 Å². The van der Waals surface area contributed by atoms with Crippen molar-refractivity contribution >= 4 is 11.9 Å². The molecule has 1 unspecified atom stereocenters. The minimum Gasteiger partial charge on any atom is -0.508 e. The molecule has 0 radical (unpaired) electrons. The van der Waals surface area contributed by atoms with Gasteiger partial charge in [-0.25, -0.2) is 4.79 Å². The molecule has 158 valence electrons. The Morgan fingerprint density at radius 2 is 1.39 bits per heavy atom. The number of hydrogen-bond donors (Lipinski definition) is 2. The summed E-state index contributed by atoms with van der Waals surface area (Å²) in [6.07, 6.45) is 13.8. The Hall–Kier alpha value is -1.88. The van der Waals surface area contributed by atoms with Crippen molar-refractivity contribution in [2.24, 2.45) is 5.73 Å². The highest BCUT2D eigenvalue weighted by Gasteiger charge is 2.19. The van der Waals surface area contributed by atoms with Crippen LogP contribution in [-0.4, -0.2) is 23.1 Å². The van der Waals surface area contributed by atoms with Gasteiger partial charge in [-0.15, -0.1) is 0 Å². The van der Waals surface area contributed by atoms with E-state index in [0.29, 0.717) is 0 Å². The summed E-state index contributed by atoms with van der Waals surface area (Å²) >= 11 is 0. The third kappa shape index (κ3) is 11.8. The lowest BCUT2D eigenvalue weighted by Crippen LogP contribution is -2.35. The van der Waals surface area contributed by atoms with Gasteiger partial charge in [0.15, 0.2) is 0 Å². The predicted octanol–water partition coefficient (Wildman–Crippen LogP) is 5.03. The van der Waals surface area contributed by atoms with E-state index < -0.39 is 18.0 Å². The van der Waals surface area contributed by atoms with Crippen molar-refractivity contribution < 1.29 is 19.4 Å². The summed E-state index contributed by atoms with van der Waals surface area (Å²) in [6, 6.07) is 5.56. The van der Waals surface area contributed by atoms with Crippen LogP contribution in [0.5, 0.6) is 5.75 Å². The molecule has 0 aliphatic carbocycles. The van der Waals surface area contributed by atoms with Crippen LogP contribution >= 0.6 is 0 Å². The highest BCUT2D eigenvalue weighted by molar-refractivity contribution is 5.88. The molecule has 3 N–H and O–H groups in total. The second-order valence-corrected chi connectivity index (χ2v) is 7.56. The summed E-state index contributed by atoms with van der Waals surface area (Å²) in [5.74, 6) is -1.04. The van der Waals surface area contributed by atoms with Gasteiger partial charge in [0.25, 0.3) is 0 Å². The van der Waals surface area contributed by atoms with Crippen LogP contribution in [0, 0.1) is 0 Å². The number of ether oxygens (including phenoxy) is 1. The Morgan fingerprint density at radius 1 is 0.893 bits per heavy atom. The smallest absolute Gasteiger partial charge is 0.330 e. The number of benzene rings is 1. The molecule has 0 fully saturated rings. The van der Waals surface area contributed by atoms with Crippen molar-refractivity contribution in [3.05, 3.63) is 29.8 Å². The molecule has 5 nitrogen and oxygen atoms in total. The summed E-state index contributed by atoms with van der Waals surface area (Å²) in [5, 5.41) is 9.25. The molecule has 1 aromatic carbocycles. The van der Waals surface area contributed by atoms with Crippen molar-refractivity contribution in [1.82, 2.24) is 0 Å². The van der Waals surface area contributed by atoms with E-state index in [1.807, 2.05) is 0 Å². The van der Waals surface area contributed by atoms with Gasteiger partial charge >= 0.3 is 11.9 Å². The summed E-state index contributed by atoms with van der Waals surface area (Å²) < 4.78 is 4.85. The van der Waals surface area contributed by atoms with E-state index in [0.717, 1.165) is 24.8 Å². The molecule has 1 atom stereocenters. The van der Waals surface area contributed by atoms with E-state index in [4.69, 9.17) is 10.5 Å². The zero-order valence-corrected chi connectivity index (χ0v) is 17.3. The first kappa shape index (κ1) is 24.2. The fourth-order valence-electron chi connectivity index (χ4n) is 3.14. The topological polar surface area (TPSA) is 89.6 Å². The second kappa shape index (κ2) is 15.1. The molecule has 0 saturated carbocycles. The van der Waals surface area contributed by atoms with Gasteiger partial charge in [-0.2, -0.15) is 0 Å². The molecule has 0 spiro atoms. The first-order valence-corrected chi connectivity index (χ1v) is 10.8. The summed E-state index contributed by atoms with van der Waals surface area (Å²) in [7, 11) is 0. The summed E-state index contributed by atoms with van der Waals surface area (Å²) in [6.45, 7) is 2.23. The maximum absolute atomic E-state index is 11.9. The molecular formula is C23H37NO4. The number of aromatic hydroxyl groups is 1. The molecule has 28 heavy (non-hydrogen) atoms. The predicted molar refractivity (Wildman–Crippen MR) is 112 cm³/mol. The van der Waals surface area contributed by atoms with E-state index in [2.05, 4.69) is 6.92 Å². The number of hydrogen-bond acceptors (Lipinski definition) is 5. The SMILES string of the molecule is CCCCCCCCCCCCCC(=O)OC(=O)C(N)Cc1ccc(O)cc1. The van der Waals surface area contributed by atoms with Crippen LogP contribution in [0.2, 0.25) is 0 Å². The molecule has 1 rings (SSSR count). The molecule has 0 aromatic heterocycles. The maximum atomic E-state index is 11.9. The van der Waals surface area contributed by atoms with Crippen LogP contribution in [-0.2, 0) is 20.7 Å². The summed E-state index contributed by atoms with van der Waals surface area (Å²) in [5.41, 5.74) is 6.61. The van der Waals surface area contributed by atoms with Gasteiger partial charge < -0.3 is 15.6 Å². The number of esters is 2. The normalized spacial score (nSPS) is 11.9. The number of nitrogens with two attached hydrogens (primary N) is 1. The molecule has 0 bridgehead atoms. The fraction of sp³-hybridized carbons (Fsp3) is 0.652. The lowest BCUT2D eigenvalue weighted by Gasteiger charge is -2.10. The third-order valence-corrected chi connectivity index (χ3v) is 4.89. The van der Waals surface area contributed by atoms with E-state index in [1.165, 1.54) is 63.5 Å². The van der Waals surface area contributed by atoms with Crippen molar-refractivity contribution in [2.45, 2.75) is 96.4 Å². The van der Waals surface area contributed by atoms with Crippen LogP contribution in [0.4, 0.5) is 0 Å². The van der Waals surface area contributed by atoms with Crippen molar-refractivity contribution in [3.8, 4) is 5.75 Å². The van der Waals surface area contributed by atoms with Gasteiger partial charge in [0.1, 0.15) is 11.8 Å². The number of phenols is 1. The van der Waals surface area contributed by atoms with Gasteiger partial charge in [-0.3, -0.25) is 4.79 Å². The highest BCUT2D eigenvalue weighted by atomic mass is 16.6. The fourth-order valence-corrected chi connectivity index (χ4v) is 3.14. The first-order chi connectivity index (χ1) is 13.5. The number of carbonyl (C=O) groups is 2. The zero-order valence-electron chi connectivity index (χ0n) is 17.3. The monoisotopic (exact) mass is 391 g/mol.